The van der Waals surface area contributed by atoms with Gasteiger partial charge in [0.2, 0.25) is 0 Å². The summed E-state index contributed by atoms with van der Waals surface area (Å²) in [5.41, 5.74) is 5.18. The van der Waals surface area contributed by atoms with Crippen LogP contribution in [0.15, 0.2) is 12.3 Å². The predicted molar refractivity (Wildman–Crippen MR) is 75.1 cm³/mol. The molecule has 20 heavy (non-hydrogen) atoms. The highest BCUT2D eigenvalue weighted by molar-refractivity contribution is 8.00. The molecule has 6 nitrogen and oxygen atoms in total. The number of hydrogen-bond donors (Lipinski definition) is 2. The highest BCUT2D eigenvalue weighted by Crippen LogP contribution is 2.37. The summed E-state index contributed by atoms with van der Waals surface area (Å²) in [5, 5.41) is -0.0530. The van der Waals surface area contributed by atoms with E-state index in [1.807, 2.05) is 0 Å². The fourth-order valence-corrected chi connectivity index (χ4v) is 3.25. The Kier molecular flexibility index (Phi) is 3.86. The van der Waals surface area contributed by atoms with Gasteiger partial charge in [0, 0.05) is 12.1 Å². The molecule has 0 spiro atoms. The van der Waals surface area contributed by atoms with Crippen LogP contribution in [0.4, 0.5) is 0 Å². The molecule has 1 aliphatic carbocycles. The number of carbonyl (C=O) groups excluding carboxylic acids is 2. The van der Waals surface area contributed by atoms with Crippen molar-refractivity contribution >= 4 is 23.6 Å². The van der Waals surface area contributed by atoms with Gasteiger partial charge in [0.1, 0.15) is 11.5 Å². The maximum atomic E-state index is 11.9. The fraction of sp³-hybridized carbons (Fsp3) is 0.538. The van der Waals surface area contributed by atoms with Crippen molar-refractivity contribution in [2.75, 3.05) is 5.75 Å². The largest absolute Gasteiger partial charge is 0.288 e. The Morgan fingerprint density at radius 2 is 2.10 bits per heavy atom. The third kappa shape index (κ3) is 3.09. The third-order valence-electron chi connectivity index (χ3n) is 3.37. The Morgan fingerprint density at radius 1 is 1.25 bits per heavy atom. The van der Waals surface area contributed by atoms with Crippen molar-refractivity contribution in [3.63, 3.8) is 0 Å². The first-order chi connectivity index (χ1) is 9.74. The van der Waals surface area contributed by atoms with Gasteiger partial charge < -0.3 is 0 Å². The van der Waals surface area contributed by atoms with Crippen LogP contribution >= 0.6 is 11.8 Å². The van der Waals surface area contributed by atoms with Gasteiger partial charge in [-0.15, -0.1) is 11.8 Å². The minimum Gasteiger partial charge on any atom is -0.272 e. The van der Waals surface area contributed by atoms with Crippen LogP contribution < -0.4 is 10.9 Å². The summed E-state index contributed by atoms with van der Waals surface area (Å²) in [6.07, 6.45) is 5.67. The van der Waals surface area contributed by atoms with Crippen molar-refractivity contribution in [3.8, 4) is 0 Å². The Bertz CT molecular complexity index is 527. The molecule has 1 aliphatic heterocycles. The van der Waals surface area contributed by atoms with E-state index in [0.717, 1.165) is 37.3 Å². The normalized spacial score (nSPS) is 21.5. The summed E-state index contributed by atoms with van der Waals surface area (Å²) in [6.45, 7) is 0. The van der Waals surface area contributed by atoms with E-state index in [0.29, 0.717) is 11.6 Å². The number of carbonyl (C=O) groups is 2. The molecule has 3 rings (SSSR count). The van der Waals surface area contributed by atoms with Crippen molar-refractivity contribution in [1.82, 2.24) is 20.8 Å². The van der Waals surface area contributed by atoms with Gasteiger partial charge >= 0.3 is 0 Å². The first-order valence-electron chi connectivity index (χ1n) is 6.79. The molecule has 106 valence electrons. The van der Waals surface area contributed by atoms with Crippen LogP contribution in [0, 0.1) is 0 Å². The molecule has 7 heteroatoms. The van der Waals surface area contributed by atoms with Crippen molar-refractivity contribution < 1.29 is 9.59 Å². The van der Waals surface area contributed by atoms with E-state index in [-0.39, 0.29) is 11.2 Å². The average Bonchev–Trinajstić information content (AvgIpc) is 3.19. The average molecular weight is 292 g/mol. The number of hydrogen-bond acceptors (Lipinski definition) is 5. The van der Waals surface area contributed by atoms with Crippen molar-refractivity contribution in [3.05, 3.63) is 23.8 Å². The summed E-state index contributed by atoms with van der Waals surface area (Å²) in [5.74, 6) is 1.58. The fourth-order valence-electron chi connectivity index (χ4n) is 2.09. The summed E-state index contributed by atoms with van der Waals surface area (Å²) >= 11 is 1.62. The zero-order chi connectivity index (χ0) is 13.9. The second-order valence-corrected chi connectivity index (χ2v) is 6.33. The van der Waals surface area contributed by atoms with E-state index in [9.17, 15) is 9.59 Å². The van der Waals surface area contributed by atoms with Crippen molar-refractivity contribution in [2.24, 2.45) is 0 Å². The standard InChI is InChI=1S/C13H16N4O2S/c18-12(16-17-13(19)10-2-1-7-20-10)9-5-6-14-11(15-9)8-3-4-8/h5-6,8,10H,1-4,7H2,(H,16,18)(H,17,19). The van der Waals surface area contributed by atoms with Gasteiger partial charge in [0.15, 0.2) is 0 Å². The number of aromatic nitrogens is 2. The van der Waals surface area contributed by atoms with Crippen LogP contribution in [-0.4, -0.2) is 32.8 Å². The summed E-state index contributed by atoms with van der Waals surface area (Å²) in [7, 11) is 0. The molecule has 2 amide bonds. The molecule has 1 atom stereocenters. The Morgan fingerprint density at radius 3 is 2.80 bits per heavy atom. The molecule has 2 fully saturated rings. The minimum absolute atomic E-state index is 0.0530. The second-order valence-electron chi connectivity index (χ2n) is 5.02. The summed E-state index contributed by atoms with van der Waals surface area (Å²) in [4.78, 5) is 32.1. The molecule has 1 saturated heterocycles. The van der Waals surface area contributed by atoms with Gasteiger partial charge in [0.05, 0.1) is 5.25 Å². The van der Waals surface area contributed by atoms with Gasteiger partial charge in [0.25, 0.3) is 11.8 Å². The molecule has 2 aliphatic rings. The molecule has 0 aromatic carbocycles. The maximum Gasteiger partial charge on any atom is 0.288 e. The first kappa shape index (κ1) is 13.4. The SMILES string of the molecule is O=C(NNC(=O)C1CCCS1)c1ccnc(C2CC2)n1. The second kappa shape index (κ2) is 5.78. The molecule has 2 N–H and O–H groups in total. The highest BCUT2D eigenvalue weighted by atomic mass is 32.2. The summed E-state index contributed by atoms with van der Waals surface area (Å²) in [6, 6.07) is 1.55. The van der Waals surface area contributed by atoms with E-state index >= 15 is 0 Å². The number of nitrogens with zero attached hydrogens (tertiary/aromatic N) is 2. The number of nitrogens with one attached hydrogen (secondary N) is 2. The van der Waals surface area contributed by atoms with Crippen LogP contribution in [0.3, 0.4) is 0 Å². The van der Waals surface area contributed by atoms with Gasteiger partial charge in [-0.25, -0.2) is 9.97 Å². The highest BCUT2D eigenvalue weighted by Gasteiger charge is 2.27. The van der Waals surface area contributed by atoms with Gasteiger partial charge in [-0.2, -0.15) is 0 Å². The van der Waals surface area contributed by atoms with Crippen LogP contribution in [0.5, 0.6) is 0 Å². The molecule has 1 aromatic rings. The lowest BCUT2D eigenvalue weighted by molar-refractivity contribution is -0.121. The summed E-state index contributed by atoms with van der Waals surface area (Å²) < 4.78 is 0. The Hall–Kier alpha value is -1.63. The molecule has 2 heterocycles. The molecule has 1 unspecified atom stereocenters. The lowest BCUT2D eigenvalue weighted by Gasteiger charge is -2.10. The van der Waals surface area contributed by atoms with Crippen LogP contribution in [0.25, 0.3) is 0 Å². The monoisotopic (exact) mass is 292 g/mol. The number of amides is 2. The number of thioether (sulfide) groups is 1. The third-order valence-corrected chi connectivity index (χ3v) is 4.75. The lowest BCUT2D eigenvalue weighted by Crippen LogP contribution is -2.45. The molecular weight excluding hydrogens is 276 g/mol. The molecular formula is C13H16N4O2S. The predicted octanol–water partition coefficient (Wildman–Crippen LogP) is 1.01. The van der Waals surface area contributed by atoms with E-state index in [4.69, 9.17) is 0 Å². The zero-order valence-electron chi connectivity index (χ0n) is 11.0. The first-order valence-corrected chi connectivity index (χ1v) is 7.83. The van der Waals surface area contributed by atoms with E-state index < -0.39 is 5.91 Å². The van der Waals surface area contributed by atoms with Crippen molar-refractivity contribution in [1.29, 1.82) is 0 Å². The smallest absolute Gasteiger partial charge is 0.272 e. The van der Waals surface area contributed by atoms with Crippen LogP contribution in [0.2, 0.25) is 0 Å². The van der Waals surface area contributed by atoms with Gasteiger partial charge in [-0.3, -0.25) is 20.4 Å². The maximum absolute atomic E-state index is 11.9. The van der Waals surface area contributed by atoms with Gasteiger partial charge in [-0.05, 0) is 37.5 Å². The Labute approximate surface area is 121 Å². The van der Waals surface area contributed by atoms with Crippen LogP contribution in [0.1, 0.15) is 47.9 Å². The quantitative estimate of drug-likeness (QED) is 0.812. The molecule has 1 saturated carbocycles. The van der Waals surface area contributed by atoms with Crippen molar-refractivity contribution in [2.45, 2.75) is 36.9 Å². The van der Waals surface area contributed by atoms with Gasteiger partial charge in [-0.1, -0.05) is 0 Å². The minimum atomic E-state index is -0.398. The topological polar surface area (TPSA) is 84.0 Å². The van der Waals surface area contributed by atoms with E-state index in [2.05, 4.69) is 20.8 Å². The molecule has 0 bridgehead atoms. The van der Waals surface area contributed by atoms with Crippen LogP contribution in [-0.2, 0) is 4.79 Å². The molecule has 0 radical (unpaired) electrons. The lowest BCUT2D eigenvalue weighted by atomic mass is 10.2. The number of hydrazine groups is 1. The van der Waals surface area contributed by atoms with E-state index in [1.54, 1.807) is 24.0 Å². The molecule has 1 aromatic heterocycles. The number of rotatable bonds is 3. The Balaban J connectivity index is 1.55. The van der Waals surface area contributed by atoms with E-state index in [1.165, 1.54) is 0 Å². The zero-order valence-corrected chi connectivity index (χ0v) is 11.8.